The van der Waals surface area contributed by atoms with E-state index in [0.717, 1.165) is 0 Å². The first-order chi connectivity index (χ1) is 13.3. The molecule has 5 heteroatoms. The molecule has 5 nitrogen and oxygen atoms in total. The molecule has 150 valence electrons. The van der Waals surface area contributed by atoms with Crippen LogP contribution in [0.4, 0.5) is 5.69 Å². The Morgan fingerprint density at radius 2 is 1.57 bits per heavy atom. The van der Waals surface area contributed by atoms with Crippen LogP contribution in [0, 0.1) is 5.92 Å². The Kier molecular flexibility index (Phi) is 7.76. The van der Waals surface area contributed by atoms with Crippen molar-refractivity contribution in [3.8, 4) is 0 Å². The third kappa shape index (κ3) is 5.92. The van der Waals surface area contributed by atoms with E-state index < -0.39 is 0 Å². The lowest BCUT2D eigenvalue weighted by Gasteiger charge is -2.23. The summed E-state index contributed by atoms with van der Waals surface area (Å²) in [6, 6.07) is 15.6. The monoisotopic (exact) mass is 381 g/mol. The average molecular weight is 382 g/mol. The molecule has 3 N–H and O–H groups in total. The number of nitrogens with one attached hydrogen (secondary N) is 3. The van der Waals surface area contributed by atoms with Gasteiger partial charge in [0.2, 0.25) is 5.91 Å². The molecule has 2 amide bonds. The molecule has 0 saturated carbocycles. The maximum Gasteiger partial charge on any atom is 0.251 e. The summed E-state index contributed by atoms with van der Waals surface area (Å²) in [4.78, 5) is 24.1. The van der Waals surface area contributed by atoms with E-state index >= 15 is 0 Å². The number of carbonyl (C=O) groups excluding carboxylic acids is 2. The highest BCUT2D eigenvalue weighted by Gasteiger charge is 2.17. The van der Waals surface area contributed by atoms with Gasteiger partial charge in [-0.25, -0.2) is 0 Å². The van der Waals surface area contributed by atoms with Gasteiger partial charge in [-0.15, -0.1) is 0 Å². The first-order valence-electron chi connectivity index (χ1n) is 9.77. The van der Waals surface area contributed by atoms with Crippen molar-refractivity contribution in [1.29, 1.82) is 0 Å². The molecule has 0 aliphatic rings. The van der Waals surface area contributed by atoms with Crippen molar-refractivity contribution in [2.75, 3.05) is 18.9 Å². The van der Waals surface area contributed by atoms with E-state index in [9.17, 15) is 9.59 Å². The molecule has 2 rings (SSSR count). The topological polar surface area (TPSA) is 70.2 Å². The third-order valence-electron chi connectivity index (χ3n) is 4.75. The van der Waals surface area contributed by atoms with Gasteiger partial charge in [0.1, 0.15) is 0 Å². The lowest BCUT2D eigenvalue weighted by atomic mass is 9.93. The quantitative estimate of drug-likeness (QED) is 0.645. The summed E-state index contributed by atoms with van der Waals surface area (Å²) in [7, 11) is 1.58. The van der Waals surface area contributed by atoms with Crippen LogP contribution in [0.5, 0.6) is 0 Å². The van der Waals surface area contributed by atoms with E-state index in [-0.39, 0.29) is 24.4 Å². The van der Waals surface area contributed by atoms with Crippen LogP contribution >= 0.6 is 0 Å². The summed E-state index contributed by atoms with van der Waals surface area (Å²) in [5.41, 5.74) is 3.60. The number of rotatable bonds is 8. The Bertz CT molecular complexity index is 798. The number of hydrogen-bond acceptors (Lipinski definition) is 3. The van der Waals surface area contributed by atoms with Crippen LogP contribution in [0.1, 0.15) is 61.1 Å². The summed E-state index contributed by atoms with van der Waals surface area (Å²) >= 11 is 0. The summed E-state index contributed by atoms with van der Waals surface area (Å²) in [5.74, 6) is 0.516. The second kappa shape index (κ2) is 10.0. The molecule has 0 aliphatic carbocycles. The molecule has 1 atom stereocenters. The van der Waals surface area contributed by atoms with E-state index in [1.165, 1.54) is 11.1 Å². The summed E-state index contributed by atoms with van der Waals surface area (Å²) in [6.07, 6.45) is 0. The minimum absolute atomic E-state index is 0.0872. The third-order valence-corrected chi connectivity index (χ3v) is 4.75. The van der Waals surface area contributed by atoms with Gasteiger partial charge in [0, 0.05) is 24.3 Å². The van der Waals surface area contributed by atoms with Gasteiger partial charge in [0.25, 0.3) is 5.91 Å². The van der Waals surface area contributed by atoms with Crippen molar-refractivity contribution in [2.45, 2.75) is 39.7 Å². The summed E-state index contributed by atoms with van der Waals surface area (Å²) in [5, 5.41) is 8.79. The Morgan fingerprint density at radius 3 is 2.14 bits per heavy atom. The minimum atomic E-state index is -0.182. The largest absolute Gasteiger partial charge is 0.355 e. The van der Waals surface area contributed by atoms with E-state index in [1.54, 1.807) is 31.3 Å². The predicted octanol–water partition coefficient (Wildman–Crippen LogP) is 4.10. The highest BCUT2D eigenvalue weighted by atomic mass is 16.2. The molecule has 0 radical (unpaired) electrons. The molecule has 0 saturated heterocycles. The molecule has 0 fully saturated rings. The molecule has 0 bridgehead atoms. The molecule has 2 aromatic rings. The number of hydrogen-bond donors (Lipinski definition) is 3. The van der Waals surface area contributed by atoms with Crippen LogP contribution in [-0.2, 0) is 4.79 Å². The van der Waals surface area contributed by atoms with Gasteiger partial charge in [-0.2, -0.15) is 0 Å². The predicted molar refractivity (Wildman–Crippen MR) is 115 cm³/mol. The van der Waals surface area contributed by atoms with Crippen LogP contribution in [0.3, 0.4) is 0 Å². The van der Waals surface area contributed by atoms with Crippen LogP contribution in [0.15, 0.2) is 48.5 Å². The summed E-state index contributed by atoms with van der Waals surface area (Å²) in [6.45, 7) is 8.82. The smallest absolute Gasteiger partial charge is 0.251 e. The second-order valence-corrected chi connectivity index (χ2v) is 7.63. The fourth-order valence-electron chi connectivity index (χ4n) is 3.12. The molecule has 0 aromatic heterocycles. The lowest BCUT2D eigenvalue weighted by molar-refractivity contribution is -0.115. The zero-order chi connectivity index (χ0) is 20.7. The molecule has 0 heterocycles. The van der Waals surface area contributed by atoms with Gasteiger partial charge in [-0.05, 0) is 41.2 Å². The van der Waals surface area contributed by atoms with Crippen LogP contribution in [-0.4, -0.2) is 25.4 Å². The first kappa shape index (κ1) is 21.6. The maximum absolute atomic E-state index is 12.4. The standard InChI is InChI=1S/C23H31N3O2/c1-15(2)17-9-11-18(12-10-17)22(16(3)4)25-14-21(27)26-20-8-6-7-19(13-20)23(28)24-5/h6-13,15-16,22,25H,14H2,1-5H3,(H,24,28)(H,26,27). The number of carbonyl (C=O) groups is 2. The van der Waals surface area contributed by atoms with Crippen molar-refractivity contribution < 1.29 is 9.59 Å². The Labute approximate surface area is 167 Å². The van der Waals surface area contributed by atoms with Gasteiger partial charge in [0.05, 0.1) is 6.54 Å². The lowest BCUT2D eigenvalue weighted by Crippen LogP contribution is -2.33. The van der Waals surface area contributed by atoms with E-state index in [4.69, 9.17) is 0 Å². The van der Waals surface area contributed by atoms with E-state index in [2.05, 4.69) is 67.9 Å². The van der Waals surface area contributed by atoms with Crippen LogP contribution in [0.25, 0.3) is 0 Å². The average Bonchev–Trinajstić information content (AvgIpc) is 2.67. The number of anilines is 1. The van der Waals surface area contributed by atoms with Gasteiger partial charge >= 0.3 is 0 Å². The van der Waals surface area contributed by atoms with Crippen LogP contribution < -0.4 is 16.0 Å². The molecule has 1 unspecified atom stereocenters. The van der Waals surface area contributed by atoms with Gasteiger partial charge < -0.3 is 16.0 Å². The second-order valence-electron chi connectivity index (χ2n) is 7.63. The van der Waals surface area contributed by atoms with Gasteiger partial charge in [-0.3, -0.25) is 9.59 Å². The maximum atomic E-state index is 12.4. The van der Waals surface area contributed by atoms with Crippen molar-refractivity contribution in [2.24, 2.45) is 5.92 Å². The fraction of sp³-hybridized carbons (Fsp3) is 0.391. The zero-order valence-corrected chi connectivity index (χ0v) is 17.4. The van der Waals surface area contributed by atoms with Crippen LogP contribution in [0.2, 0.25) is 0 Å². The van der Waals surface area contributed by atoms with Gasteiger partial charge in [0.15, 0.2) is 0 Å². The first-order valence-corrected chi connectivity index (χ1v) is 9.77. The van der Waals surface area contributed by atoms with Crippen molar-refractivity contribution in [1.82, 2.24) is 10.6 Å². The normalized spacial score (nSPS) is 12.1. The highest BCUT2D eigenvalue weighted by molar-refractivity contribution is 5.97. The zero-order valence-electron chi connectivity index (χ0n) is 17.4. The molecule has 28 heavy (non-hydrogen) atoms. The minimum Gasteiger partial charge on any atom is -0.355 e. The van der Waals surface area contributed by atoms with E-state index in [0.29, 0.717) is 23.1 Å². The van der Waals surface area contributed by atoms with Gasteiger partial charge in [-0.1, -0.05) is 58.0 Å². The van der Waals surface area contributed by atoms with Crippen molar-refractivity contribution >= 4 is 17.5 Å². The molecule has 2 aromatic carbocycles. The highest BCUT2D eigenvalue weighted by Crippen LogP contribution is 2.24. The Morgan fingerprint density at radius 1 is 0.929 bits per heavy atom. The Balaban J connectivity index is 2.00. The molecular weight excluding hydrogens is 350 g/mol. The fourth-order valence-corrected chi connectivity index (χ4v) is 3.12. The Hall–Kier alpha value is -2.66. The van der Waals surface area contributed by atoms with Crippen molar-refractivity contribution in [3.63, 3.8) is 0 Å². The molecule has 0 aliphatic heterocycles. The summed E-state index contributed by atoms with van der Waals surface area (Å²) < 4.78 is 0. The van der Waals surface area contributed by atoms with Crippen molar-refractivity contribution in [3.05, 3.63) is 65.2 Å². The SMILES string of the molecule is CNC(=O)c1cccc(NC(=O)CNC(c2ccc(C(C)C)cc2)C(C)C)c1. The number of amides is 2. The number of benzene rings is 2. The molecule has 0 spiro atoms. The molecular formula is C23H31N3O2. The van der Waals surface area contributed by atoms with E-state index in [1.807, 2.05) is 0 Å².